The summed E-state index contributed by atoms with van der Waals surface area (Å²) in [6.07, 6.45) is 3.12. The van der Waals surface area contributed by atoms with Gasteiger partial charge >= 0.3 is 0 Å². The summed E-state index contributed by atoms with van der Waals surface area (Å²) in [4.78, 5) is 4.32. The van der Waals surface area contributed by atoms with E-state index in [2.05, 4.69) is 14.8 Å². The fraction of sp³-hybridized carbons (Fsp3) is 0.294. The summed E-state index contributed by atoms with van der Waals surface area (Å²) < 4.78 is 40.2. The molecule has 26 heavy (non-hydrogen) atoms. The average Bonchev–Trinajstić information content (AvgIpc) is 3.04. The number of aromatic nitrogens is 3. The largest absolute Gasteiger partial charge is 0.497 e. The lowest BCUT2D eigenvalue weighted by molar-refractivity contribution is 0.392. The summed E-state index contributed by atoms with van der Waals surface area (Å²) >= 11 is 0. The summed E-state index contributed by atoms with van der Waals surface area (Å²) in [6.45, 7) is 4.00. The first-order valence-electron chi connectivity index (χ1n) is 7.94. The molecule has 8 nitrogen and oxygen atoms in total. The van der Waals surface area contributed by atoms with Crippen LogP contribution < -0.4 is 14.2 Å². The van der Waals surface area contributed by atoms with Crippen LogP contribution in [0, 0.1) is 0 Å². The first-order chi connectivity index (χ1) is 12.4. The van der Waals surface area contributed by atoms with Gasteiger partial charge in [0, 0.05) is 17.5 Å². The highest BCUT2D eigenvalue weighted by atomic mass is 32.2. The van der Waals surface area contributed by atoms with Crippen LogP contribution in [0.1, 0.15) is 19.9 Å². The Hall–Kier alpha value is -2.81. The number of anilines is 1. The minimum absolute atomic E-state index is 0.0164. The second-order valence-corrected chi connectivity index (χ2v) is 7.59. The van der Waals surface area contributed by atoms with E-state index in [0.717, 1.165) is 5.39 Å². The molecule has 0 amide bonds. The Labute approximate surface area is 151 Å². The molecule has 0 unspecified atom stereocenters. The lowest BCUT2D eigenvalue weighted by Crippen LogP contribution is -2.14. The molecule has 1 N–H and O–H groups in total. The summed E-state index contributed by atoms with van der Waals surface area (Å²) in [7, 11) is -1.01. The van der Waals surface area contributed by atoms with Gasteiger partial charge in [-0.3, -0.25) is 4.72 Å². The van der Waals surface area contributed by atoms with Crippen LogP contribution in [0.3, 0.4) is 0 Å². The van der Waals surface area contributed by atoms with E-state index in [1.54, 1.807) is 29.1 Å². The fourth-order valence-electron chi connectivity index (χ4n) is 2.58. The van der Waals surface area contributed by atoms with Crippen LogP contribution >= 0.6 is 0 Å². The van der Waals surface area contributed by atoms with Crippen molar-refractivity contribution in [2.45, 2.75) is 24.8 Å². The number of methoxy groups -OCH3 is 2. The molecule has 0 aliphatic carbocycles. The third kappa shape index (κ3) is 3.30. The summed E-state index contributed by atoms with van der Waals surface area (Å²) in [5.74, 6) is 0.637. The average molecular weight is 376 g/mol. The summed E-state index contributed by atoms with van der Waals surface area (Å²) in [5, 5.41) is 5.03. The van der Waals surface area contributed by atoms with E-state index in [0.29, 0.717) is 17.1 Å². The van der Waals surface area contributed by atoms with Gasteiger partial charge < -0.3 is 9.47 Å². The van der Waals surface area contributed by atoms with Crippen LogP contribution in [0.2, 0.25) is 0 Å². The number of fused-ring (bicyclic) bond motifs is 1. The van der Waals surface area contributed by atoms with Crippen molar-refractivity contribution in [1.82, 2.24) is 14.8 Å². The highest BCUT2D eigenvalue weighted by molar-refractivity contribution is 7.92. The van der Waals surface area contributed by atoms with E-state index in [-0.39, 0.29) is 16.7 Å². The van der Waals surface area contributed by atoms with E-state index in [9.17, 15) is 8.42 Å². The highest BCUT2D eigenvalue weighted by Gasteiger charge is 2.21. The van der Waals surface area contributed by atoms with E-state index in [4.69, 9.17) is 9.47 Å². The topological polar surface area (TPSA) is 95.3 Å². The number of nitrogens with one attached hydrogen (secondary N) is 1. The lowest BCUT2D eigenvalue weighted by atomic mass is 10.3. The predicted molar refractivity (Wildman–Crippen MR) is 98.3 cm³/mol. The van der Waals surface area contributed by atoms with Crippen LogP contribution in [-0.4, -0.2) is 37.4 Å². The molecule has 3 rings (SSSR count). The lowest BCUT2D eigenvalue weighted by Gasteiger charge is -2.13. The number of rotatable bonds is 6. The van der Waals surface area contributed by atoms with Gasteiger partial charge in [0.25, 0.3) is 10.0 Å². The van der Waals surface area contributed by atoms with Gasteiger partial charge in [0.2, 0.25) is 0 Å². The molecule has 138 valence electrons. The number of sulfonamides is 1. The van der Waals surface area contributed by atoms with Crippen molar-refractivity contribution in [3.8, 4) is 11.5 Å². The third-order valence-corrected chi connectivity index (χ3v) is 5.24. The van der Waals surface area contributed by atoms with Gasteiger partial charge in [0.1, 0.15) is 16.4 Å². The molecule has 2 aromatic heterocycles. The molecule has 0 saturated heterocycles. The Morgan fingerprint density at radius 3 is 2.54 bits per heavy atom. The molecule has 1 aromatic carbocycles. The summed E-state index contributed by atoms with van der Waals surface area (Å²) in [6, 6.07) is 6.43. The van der Waals surface area contributed by atoms with Crippen LogP contribution in [-0.2, 0) is 10.0 Å². The second kappa shape index (κ2) is 6.83. The monoisotopic (exact) mass is 376 g/mol. The van der Waals surface area contributed by atoms with Crippen molar-refractivity contribution < 1.29 is 17.9 Å². The van der Waals surface area contributed by atoms with E-state index < -0.39 is 10.0 Å². The Balaban J connectivity index is 1.98. The highest BCUT2D eigenvalue weighted by Crippen LogP contribution is 2.30. The van der Waals surface area contributed by atoms with Gasteiger partial charge in [-0.25, -0.2) is 18.1 Å². The zero-order chi connectivity index (χ0) is 18.9. The van der Waals surface area contributed by atoms with Gasteiger partial charge in [-0.05, 0) is 32.0 Å². The van der Waals surface area contributed by atoms with Gasteiger partial charge in [-0.15, -0.1) is 0 Å². The van der Waals surface area contributed by atoms with E-state index in [1.807, 2.05) is 13.8 Å². The molecule has 0 saturated carbocycles. The second-order valence-electron chi connectivity index (χ2n) is 5.94. The predicted octanol–water partition coefficient (Wildman–Crippen LogP) is 2.83. The number of hydrogen-bond donors (Lipinski definition) is 1. The molecule has 0 radical (unpaired) electrons. The zero-order valence-corrected chi connectivity index (χ0v) is 15.7. The van der Waals surface area contributed by atoms with E-state index in [1.165, 1.54) is 26.5 Å². The van der Waals surface area contributed by atoms with Crippen LogP contribution in [0.4, 0.5) is 5.69 Å². The minimum Gasteiger partial charge on any atom is -0.497 e. The first kappa shape index (κ1) is 18.0. The summed E-state index contributed by atoms with van der Waals surface area (Å²) in [5.41, 5.74) is 1.03. The maximum atomic E-state index is 12.8. The first-order valence-corrected chi connectivity index (χ1v) is 9.42. The molecule has 2 heterocycles. The Morgan fingerprint density at radius 1 is 1.12 bits per heavy atom. The molecule has 0 atom stereocenters. The number of benzene rings is 1. The molecule has 0 aliphatic rings. The normalized spacial score (nSPS) is 11.7. The van der Waals surface area contributed by atoms with Crippen LogP contribution in [0.15, 0.2) is 41.6 Å². The number of hydrogen-bond acceptors (Lipinski definition) is 6. The van der Waals surface area contributed by atoms with Crippen LogP contribution in [0.25, 0.3) is 11.0 Å². The van der Waals surface area contributed by atoms with E-state index >= 15 is 0 Å². The number of pyridine rings is 1. The van der Waals surface area contributed by atoms with Gasteiger partial charge in [0.15, 0.2) is 5.65 Å². The molecule has 3 aromatic rings. The third-order valence-electron chi connectivity index (χ3n) is 3.84. The molecule has 0 aliphatic heterocycles. The number of ether oxygens (including phenoxy) is 2. The maximum absolute atomic E-state index is 12.8. The maximum Gasteiger partial charge on any atom is 0.265 e. The molecular weight excluding hydrogens is 356 g/mol. The molecule has 0 fully saturated rings. The Morgan fingerprint density at radius 2 is 1.88 bits per heavy atom. The Bertz CT molecular complexity index is 1040. The van der Waals surface area contributed by atoms with Crippen molar-refractivity contribution >= 4 is 26.7 Å². The van der Waals surface area contributed by atoms with Crippen LogP contribution in [0.5, 0.6) is 11.5 Å². The zero-order valence-electron chi connectivity index (χ0n) is 14.9. The molecule has 0 spiro atoms. The number of nitrogens with zero attached hydrogens (tertiary/aromatic N) is 3. The standard InChI is InChI=1S/C17H20N4O4S/c1-11(2)21-17-12(9-19-21)7-13(10-18-17)20-26(22,23)16-8-14(24-3)5-6-15(16)25-4/h5-11,20H,1-4H3. The van der Waals surface area contributed by atoms with Crippen molar-refractivity contribution in [3.05, 3.63) is 36.7 Å². The Kier molecular flexibility index (Phi) is 4.73. The molecule has 0 bridgehead atoms. The quantitative estimate of drug-likeness (QED) is 0.711. The van der Waals surface area contributed by atoms with Gasteiger partial charge in [-0.2, -0.15) is 5.10 Å². The van der Waals surface area contributed by atoms with Gasteiger partial charge in [0.05, 0.1) is 32.3 Å². The van der Waals surface area contributed by atoms with Crippen molar-refractivity contribution in [1.29, 1.82) is 0 Å². The minimum atomic E-state index is -3.89. The smallest absolute Gasteiger partial charge is 0.265 e. The van der Waals surface area contributed by atoms with Gasteiger partial charge in [-0.1, -0.05) is 0 Å². The van der Waals surface area contributed by atoms with Crippen molar-refractivity contribution in [2.75, 3.05) is 18.9 Å². The SMILES string of the molecule is COc1ccc(OC)c(S(=O)(=O)Nc2cnc3c(cnn3C(C)C)c2)c1. The fourth-order valence-corrected chi connectivity index (χ4v) is 3.80. The molecule has 9 heteroatoms. The van der Waals surface area contributed by atoms with Crippen molar-refractivity contribution in [3.63, 3.8) is 0 Å². The molecular formula is C17H20N4O4S. The van der Waals surface area contributed by atoms with Crippen molar-refractivity contribution in [2.24, 2.45) is 0 Å².